The molecule has 0 spiro atoms. The Balaban J connectivity index is 1.93. The van der Waals surface area contributed by atoms with Crippen LogP contribution >= 0.6 is 11.3 Å². The second-order valence-electron chi connectivity index (χ2n) is 5.24. The summed E-state index contributed by atoms with van der Waals surface area (Å²) in [6.45, 7) is 6.35. The van der Waals surface area contributed by atoms with E-state index in [0.29, 0.717) is 24.8 Å². The van der Waals surface area contributed by atoms with Gasteiger partial charge in [0.15, 0.2) is 0 Å². The van der Waals surface area contributed by atoms with Gasteiger partial charge in [-0.05, 0) is 52.5 Å². The molecule has 1 N–H and O–H groups in total. The Morgan fingerprint density at radius 1 is 1.25 bits per heavy atom. The van der Waals surface area contributed by atoms with Crippen LogP contribution in [0.5, 0.6) is 5.75 Å². The van der Waals surface area contributed by atoms with Crippen LogP contribution in [-0.4, -0.2) is 6.54 Å². The van der Waals surface area contributed by atoms with Gasteiger partial charge in [0.05, 0.1) is 0 Å². The maximum absolute atomic E-state index is 13.6. The van der Waals surface area contributed by atoms with Gasteiger partial charge in [-0.1, -0.05) is 13.8 Å². The van der Waals surface area contributed by atoms with Crippen LogP contribution in [0.1, 0.15) is 25.0 Å². The third-order valence-electron chi connectivity index (χ3n) is 2.80. The number of halogens is 1. The van der Waals surface area contributed by atoms with E-state index in [0.717, 1.165) is 17.7 Å². The fraction of sp³-hybridized carbons (Fsp3) is 0.375. The highest BCUT2D eigenvalue weighted by Crippen LogP contribution is 2.18. The predicted molar refractivity (Wildman–Crippen MR) is 81.6 cm³/mol. The van der Waals surface area contributed by atoms with E-state index in [4.69, 9.17) is 4.74 Å². The van der Waals surface area contributed by atoms with E-state index in [9.17, 15) is 4.39 Å². The second-order valence-corrected chi connectivity index (χ2v) is 6.02. The summed E-state index contributed by atoms with van der Waals surface area (Å²) in [6.07, 6.45) is 0. The number of rotatable bonds is 7. The molecule has 0 aliphatic carbocycles. The van der Waals surface area contributed by atoms with Gasteiger partial charge in [0, 0.05) is 12.6 Å². The molecule has 2 nitrogen and oxygen atoms in total. The van der Waals surface area contributed by atoms with E-state index >= 15 is 0 Å². The highest BCUT2D eigenvalue weighted by Gasteiger charge is 2.03. The van der Waals surface area contributed by atoms with Gasteiger partial charge in [-0.2, -0.15) is 11.3 Å². The molecule has 20 heavy (non-hydrogen) atoms. The molecule has 1 aromatic carbocycles. The zero-order chi connectivity index (χ0) is 14.4. The number of thiophene rings is 1. The first-order valence-electron chi connectivity index (χ1n) is 6.77. The fourth-order valence-corrected chi connectivity index (χ4v) is 2.51. The lowest BCUT2D eigenvalue weighted by Crippen LogP contribution is -2.19. The minimum Gasteiger partial charge on any atom is -0.489 e. The lowest BCUT2D eigenvalue weighted by Gasteiger charge is -2.10. The average Bonchev–Trinajstić information content (AvgIpc) is 2.88. The number of benzene rings is 1. The van der Waals surface area contributed by atoms with Gasteiger partial charge in [0.1, 0.15) is 18.2 Å². The Labute approximate surface area is 123 Å². The molecular formula is C16H20FNOS. The van der Waals surface area contributed by atoms with Crippen LogP contribution in [0.4, 0.5) is 4.39 Å². The molecule has 2 aromatic rings. The van der Waals surface area contributed by atoms with Crippen molar-refractivity contribution in [2.75, 3.05) is 6.54 Å². The van der Waals surface area contributed by atoms with E-state index in [1.54, 1.807) is 17.4 Å². The molecule has 1 aromatic heterocycles. The summed E-state index contributed by atoms with van der Waals surface area (Å²) in [5.74, 6) is 0.907. The van der Waals surface area contributed by atoms with Crippen molar-refractivity contribution in [1.29, 1.82) is 0 Å². The van der Waals surface area contributed by atoms with Gasteiger partial charge >= 0.3 is 0 Å². The topological polar surface area (TPSA) is 21.3 Å². The first-order chi connectivity index (χ1) is 9.63. The van der Waals surface area contributed by atoms with Crippen molar-refractivity contribution >= 4 is 11.3 Å². The summed E-state index contributed by atoms with van der Waals surface area (Å²) in [6, 6.07) is 6.88. The molecule has 0 bridgehead atoms. The van der Waals surface area contributed by atoms with E-state index < -0.39 is 0 Å². The molecule has 0 radical (unpaired) electrons. The van der Waals surface area contributed by atoms with Crippen molar-refractivity contribution in [1.82, 2.24) is 5.32 Å². The van der Waals surface area contributed by atoms with E-state index in [-0.39, 0.29) is 5.82 Å². The van der Waals surface area contributed by atoms with Crippen LogP contribution in [-0.2, 0) is 13.2 Å². The second kappa shape index (κ2) is 7.41. The lowest BCUT2D eigenvalue weighted by molar-refractivity contribution is 0.304. The number of ether oxygens (including phenoxy) is 1. The molecular weight excluding hydrogens is 273 g/mol. The molecule has 0 amide bonds. The number of nitrogens with one attached hydrogen (secondary N) is 1. The highest BCUT2D eigenvalue weighted by molar-refractivity contribution is 7.07. The van der Waals surface area contributed by atoms with Gasteiger partial charge in [0.2, 0.25) is 0 Å². The standard InChI is InChI=1S/C16H20FNOS/c1-12(2)8-18-9-14-5-15(17)7-16(6-14)19-10-13-3-4-20-11-13/h3-7,11-12,18H,8-10H2,1-2H3. The minimum atomic E-state index is -0.255. The van der Waals surface area contributed by atoms with Crippen LogP contribution in [0, 0.1) is 11.7 Å². The Kier molecular flexibility index (Phi) is 5.56. The highest BCUT2D eigenvalue weighted by atomic mass is 32.1. The summed E-state index contributed by atoms with van der Waals surface area (Å²) in [5.41, 5.74) is 2.02. The zero-order valence-electron chi connectivity index (χ0n) is 11.9. The van der Waals surface area contributed by atoms with Crippen LogP contribution in [0.15, 0.2) is 35.0 Å². The lowest BCUT2D eigenvalue weighted by atomic mass is 10.2. The maximum atomic E-state index is 13.6. The first-order valence-corrected chi connectivity index (χ1v) is 7.72. The van der Waals surface area contributed by atoms with Crippen molar-refractivity contribution in [3.8, 4) is 5.75 Å². The smallest absolute Gasteiger partial charge is 0.127 e. The molecule has 0 saturated heterocycles. The molecule has 0 aliphatic rings. The fourth-order valence-electron chi connectivity index (χ4n) is 1.85. The van der Waals surface area contributed by atoms with Crippen molar-refractivity contribution in [2.24, 2.45) is 5.92 Å². The van der Waals surface area contributed by atoms with Gasteiger partial charge < -0.3 is 10.1 Å². The van der Waals surface area contributed by atoms with Gasteiger partial charge in [-0.25, -0.2) is 4.39 Å². The zero-order valence-corrected chi connectivity index (χ0v) is 12.7. The van der Waals surface area contributed by atoms with Crippen LogP contribution in [0.3, 0.4) is 0 Å². The predicted octanol–water partition coefficient (Wildman–Crippen LogP) is 4.21. The molecule has 0 fully saturated rings. The van der Waals surface area contributed by atoms with Crippen molar-refractivity contribution in [3.63, 3.8) is 0 Å². The molecule has 0 aliphatic heterocycles. The molecule has 1 heterocycles. The van der Waals surface area contributed by atoms with Crippen LogP contribution in [0.2, 0.25) is 0 Å². The Bertz CT molecular complexity index is 525. The van der Waals surface area contributed by atoms with E-state index in [1.165, 1.54) is 6.07 Å². The Hall–Kier alpha value is -1.39. The van der Waals surface area contributed by atoms with Gasteiger partial charge in [-0.15, -0.1) is 0 Å². The third-order valence-corrected chi connectivity index (χ3v) is 3.53. The maximum Gasteiger partial charge on any atom is 0.127 e. The number of hydrogen-bond acceptors (Lipinski definition) is 3. The van der Waals surface area contributed by atoms with Crippen LogP contribution in [0.25, 0.3) is 0 Å². The average molecular weight is 293 g/mol. The van der Waals surface area contributed by atoms with Crippen LogP contribution < -0.4 is 10.1 Å². The Morgan fingerprint density at radius 3 is 2.80 bits per heavy atom. The number of hydrogen-bond donors (Lipinski definition) is 1. The normalized spacial score (nSPS) is 11.0. The molecule has 0 saturated carbocycles. The summed E-state index contributed by atoms with van der Waals surface area (Å²) < 4.78 is 19.2. The molecule has 4 heteroatoms. The summed E-state index contributed by atoms with van der Waals surface area (Å²) in [5, 5.41) is 7.34. The van der Waals surface area contributed by atoms with Crippen molar-refractivity contribution in [2.45, 2.75) is 27.0 Å². The minimum absolute atomic E-state index is 0.255. The van der Waals surface area contributed by atoms with E-state index in [2.05, 4.69) is 19.2 Å². The molecule has 0 atom stereocenters. The Morgan fingerprint density at radius 2 is 2.10 bits per heavy atom. The van der Waals surface area contributed by atoms with Gasteiger partial charge in [0.25, 0.3) is 0 Å². The first kappa shape index (κ1) is 15.0. The summed E-state index contributed by atoms with van der Waals surface area (Å²) >= 11 is 1.63. The monoisotopic (exact) mass is 293 g/mol. The van der Waals surface area contributed by atoms with Gasteiger partial charge in [-0.3, -0.25) is 0 Å². The van der Waals surface area contributed by atoms with E-state index in [1.807, 2.05) is 22.9 Å². The summed E-state index contributed by atoms with van der Waals surface area (Å²) in [7, 11) is 0. The van der Waals surface area contributed by atoms with Crippen molar-refractivity contribution in [3.05, 3.63) is 52.0 Å². The summed E-state index contributed by atoms with van der Waals surface area (Å²) in [4.78, 5) is 0. The molecule has 0 unspecified atom stereocenters. The SMILES string of the molecule is CC(C)CNCc1cc(F)cc(OCc2ccsc2)c1. The molecule has 2 rings (SSSR count). The largest absolute Gasteiger partial charge is 0.489 e. The molecule has 108 valence electrons. The third kappa shape index (κ3) is 4.94. The quantitative estimate of drug-likeness (QED) is 0.825. The van der Waals surface area contributed by atoms with Crippen molar-refractivity contribution < 1.29 is 9.13 Å².